The first-order valence-electron chi connectivity index (χ1n) is 5.19. The summed E-state index contributed by atoms with van der Waals surface area (Å²) in [5, 5.41) is 11.2. The number of amides is 1. The van der Waals surface area contributed by atoms with Crippen molar-refractivity contribution in [3.63, 3.8) is 0 Å². The maximum atomic E-state index is 11.5. The Morgan fingerprint density at radius 1 is 1.38 bits per heavy atom. The van der Waals surface area contributed by atoms with Gasteiger partial charge < -0.3 is 10.1 Å². The topological polar surface area (TPSA) is 79.2 Å². The van der Waals surface area contributed by atoms with Gasteiger partial charge in [0, 0.05) is 18.3 Å². The molecular formula is C11H18N2O3. The van der Waals surface area contributed by atoms with Gasteiger partial charge in [0.25, 0.3) is 0 Å². The number of rotatable bonds is 5. The number of esters is 1. The molecule has 0 rings (SSSR count). The maximum Gasteiger partial charge on any atom is 0.328 e. The summed E-state index contributed by atoms with van der Waals surface area (Å²) in [4.78, 5) is 22.9. The number of nitrogens with one attached hydrogen (secondary N) is 1. The second-order valence-corrected chi connectivity index (χ2v) is 4.00. The normalized spacial score (nSPS) is 13.8. The van der Waals surface area contributed by atoms with E-state index in [4.69, 9.17) is 5.26 Å². The third-order valence-corrected chi connectivity index (χ3v) is 2.26. The van der Waals surface area contributed by atoms with Gasteiger partial charge in [0.15, 0.2) is 0 Å². The van der Waals surface area contributed by atoms with E-state index in [2.05, 4.69) is 10.1 Å². The number of hydrogen-bond donors (Lipinski definition) is 1. The number of carbonyl (C=O) groups is 2. The molecular weight excluding hydrogens is 208 g/mol. The molecule has 0 saturated heterocycles. The third kappa shape index (κ3) is 4.30. The molecule has 1 N–H and O–H groups in total. The van der Waals surface area contributed by atoms with Crippen molar-refractivity contribution in [2.75, 3.05) is 7.11 Å². The molecule has 16 heavy (non-hydrogen) atoms. The summed E-state index contributed by atoms with van der Waals surface area (Å²) in [5.74, 6) is -1.21. The highest BCUT2D eigenvalue weighted by atomic mass is 16.5. The Morgan fingerprint density at radius 2 is 1.94 bits per heavy atom. The van der Waals surface area contributed by atoms with Crippen LogP contribution in [0.1, 0.15) is 27.2 Å². The van der Waals surface area contributed by atoms with E-state index in [1.807, 2.05) is 6.07 Å². The van der Waals surface area contributed by atoms with E-state index in [1.54, 1.807) is 20.8 Å². The van der Waals surface area contributed by atoms with E-state index in [0.717, 1.165) is 0 Å². The number of methoxy groups -OCH3 is 1. The lowest BCUT2D eigenvalue weighted by atomic mass is 9.98. The van der Waals surface area contributed by atoms with Crippen LogP contribution in [0.5, 0.6) is 0 Å². The van der Waals surface area contributed by atoms with Crippen molar-refractivity contribution in [1.29, 1.82) is 5.26 Å². The predicted octanol–water partition coefficient (Wildman–Crippen LogP) is 0.850. The molecule has 5 heteroatoms. The molecule has 0 radical (unpaired) electrons. The molecule has 0 aliphatic carbocycles. The first-order valence-corrected chi connectivity index (χ1v) is 5.19. The van der Waals surface area contributed by atoms with E-state index in [0.29, 0.717) is 0 Å². The lowest BCUT2D eigenvalue weighted by Crippen LogP contribution is -2.47. The standard InChI is InChI=1S/C11H18N2O3/c1-7(2)10(14)13-9(11(15)16-4)8(3)5-6-12/h7-9H,5H2,1-4H3,(H,13,14)/t8-,9-/m1/s1. The van der Waals surface area contributed by atoms with Crippen LogP contribution in [0.2, 0.25) is 0 Å². The zero-order valence-electron chi connectivity index (χ0n) is 10.1. The minimum Gasteiger partial charge on any atom is -0.467 e. The zero-order chi connectivity index (χ0) is 12.7. The maximum absolute atomic E-state index is 11.5. The highest BCUT2D eigenvalue weighted by molar-refractivity contribution is 5.85. The van der Waals surface area contributed by atoms with Crippen molar-refractivity contribution in [2.24, 2.45) is 11.8 Å². The van der Waals surface area contributed by atoms with Crippen LogP contribution < -0.4 is 5.32 Å². The highest BCUT2D eigenvalue weighted by Gasteiger charge is 2.28. The van der Waals surface area contributed by atoms with Crippen LogP contribution in [0.4, 0.5) is 0 Å². The Bertz CT molecular complexity index is 294. The van der Waals surface area contributed by atoms with Crippen LogP contribution >= 0.6 is 0 Å². The molecule has 0 unspecified atom stereocenters. The average Bonchev–Trinajstić information content (AvgIpc) is 2.24. The molecule has 0 heterocycles. The monoisotopic (exact) mass is 226 g/mol. The molecule has 0 saturated carbocycles. The smallest absolute Gasteiger partial charge is 0.328 e. The summed E-state index contributed by atoms with van der Waals surface area (Å²) >= 11 is 0. The van der Waals surface area contributed by atoms with Gasteiger partial charge in [0.2, 0.25) is 5.91 Å². The van der Waals surface area contributed by atoms with Crippen LogP contribution in [0.25, 0.3) is 0 Å². The number of ether oxygens (including phenoxy) is 1. The molecule has 0 bridgehead atoms. The number of nitrogens with zero attached hydrogens (tertiary/aromatic N) is 1. The Balaban J connectivity index is 4.63. The fraction of sp³-hybridized carbons (Fsp3) is 0.727. The van der Waals surface area contributed by atoms with Crippen molar-refractivity contribution >= 4 is 11.9 Å². The van der Waals surface area contributed by atoms with Gasteiger partial charge in [-0.15, -0.1) is 0 Å². The first-order chi connectivity index (χ1) is 7.43. The fourth-order valence-electron chi connectivity index (χ4n) is 1.14. The molecule has 2 atom stereocenters. The summed E-state index contributed by atoms with van der Waals surface area (Å²) in [6, 6.07) is 1.22. The molecule has 0 aliphatic rings. The van der Waals surface area contributed by atoms with Gasteiger partial charge in [0.1, 0.15) is 6.04 Å². The largest absolute Gasteiger partial charge is 0.467 e. The van der Waals surface area contributed by atoms with Crippen LogP contribution in [0, 0.1) is 23.2 Å². The quantitative estimate of drug-likeness (QED) is 0.705. The number of hydrogen-bond acceptors (Lipinski definition) is 4. The molecule has 90 valence electrons. The second-order valence-electron chi connectivity index (χ2n) is 4.00. The van der Waals surface area contributed by atoms with E-state index in [1.165, 1.54) is 7.11 Å². The first kappa shape index (κ1) is 14.4. The van der Waals surface area contributed by atoms with Gasteiger partial charge in [-0.25, -0.2) is 4.79 Å². The lowest BCUT2D eigenvalue weighted by molar-refractivity contribution is -0.146. The second kappa shape index (κ2) is 6.83. The van der Waals surface area contributed by atoms with Gasteiger partial charge >= 0.3 is 5.97 Å². The molecule has 0 aromatic carbocycles. The summed E-state index contributed by atoms with van der Waals surface area (Å²) in [6.45, 7) is 5.20. The van der Waals surface area contributed by atoms with Crippen LogP contribution in [-0.2, 0) is 14.3 Å². The van der Waals surface area contributed by atoms with Crippen molar-refractivity contribution < 1.29 is 14.3 Å². The van der Waals surface area contributed by atoms with Gasteiger partial charge in [0.05, 0.1) is 13.2 Å². The summed E-state index contributed by atoms with van der Waals surface area (Å²) in [6.07, 6.45) is 0.193. The van der Waals surface area contributed by atoms with Gasteiger partial charge in [-0.3, -0.25) is 4.79 Å². The highest BCUT2D eigenvalue weighted by Crippen LogP contribution is 2.10. The van der Waals surface area contributed by atoms with E-state index >= 15 is 0 Å². The third-order valence-electron chi connectivity index (χ3n) is 2.26. The average molecular weight is 226 g/mol. The minimum atomic E-state index is -0.750. The van der Waals surface area contributed by atoms with E-state index < -0.39 is 12.0 Å². The Hall–Kier alpha value is -1.57. The molecule has 0 spiro atoms. The number of carbonyl (C=O) groups excluding carboxylic acids is 2. The van der Waals surface area contributed by atoms with Crippen LogP contribution in [0.3, 0.4) is 0 Å². The zero-order valence-corrected chi connectivity index (χ0v) is 10.1. The van der Waals surface area contributed by atoms with Gasteiger partial charge in [-0.2, -0.15) is 5.26 Å². The molecule has 5 nitrogen and oxygen atoms in total. The summed E-state index contributed by atoms with van der Waals surface area (Å²) in [5.41, 5.74) is 0. The molecule has 0 fully saturated rings. The van der Waals surface area contributed by atoms with E-state index in [9.17, 15) is 9.59 Å². The SMILES string of the molecule is COC(=O)[C@H](NC(=O)C(C)C)[C@H](C)CC#N. The predicted molar refractivity (Wildman–Crippen MR) is 58.2 cm³/mol. The molecule has 0 aliphatic heterocycles. The molecule has 0 aromatic heterocycles. The van der Waals surface area contributed by atoms with Crippen LogP contribution in [0.15, 0.2) is 0 Å². The summed E-state index contributed by atoms with van der Waals surface area (Å²) in [7, 11) is 1.26. The van der Waals surface area contributed by atoms with Crippen molar-refractivity contribution in [2.45, 2.75) is 33.2 Å². The molecule has 0 aromatic rings. The minimum absolute atomic E-state index is 0.193. The van der Waals surface area contributed by atoms with Crippen molar-refractivity contribution in [3.8, 4) is 6.07 Å². The Kier molecular flexibility index (Phi) is 6.16. The van der Waals surface area contributed by atoms with Gasteiger partial charge in [-0.1, -0.05) is 20.8 Å². The fourth-order valence-corrected chi connectivity index (χ4v) is 1.14. The Labute approximate surface area is 95.8 Å². The lowest BCUT2D eigenvalue weighted by Gasteiger charge is -2.21. The van der Waals surface area contributed by atoms with Crippen molar-refractivity contribution in [1.82, 2.24) is 5.32 Å². The molecule has 1 amide bonds. The Morgan fingerprint density at radius 3 is 2.31 bits per heavy atom. The van der Waals surface area contributed by atoms with Crippen LogP contribution in [-0.4, -0.2) is 25.0 Å². The van der Waals surface area contributed by atoms with Gasteiger partial charge in [-0.05, 0) is 0 Å². The van der Waals surface area contributed by atoms with E-state index in [-0.39, 0.29) is 24.2 Å². The number of nitriles is 1. The summed E-state index contributed by atoms with van der Waals surface area (Å²) < 4.78 is 4.60. The van der Waals surface area contributed by atoms with Crippen molar-refractivity contribution in [3.05, 3.63) is 0 Å².